The van der Waals surface area contributed by atoms with E-state index in [0.29, 0.717) is 11.5 Å². The number of benzene rings is 1. The Hall–Kier alpha value is -1.58. The maximum atomic E-state index is 13.0. The first-order chi connectivity index (χ1) is 8.50. The molecule has 2 N–H and O–H groups in total. The normalized spacial score (nSPS) is 19.6. The molecule has 0 saturated carbocycles. The maximum Gasteiger partial charge on any atom is 0.256 e. The lowest BCUT2D eigenvalue weighted by Crippen LogP contribution is -2.38. The number of nitrogen functional groups attached to an aromatic ring is 1. The second kappa shape index (κ2) is 4.96. The fourth-order valence-corrected chi connectivity index (χ4v) is 2.62. The zero-order chi connectivity index (χ0) is 13.3. The van der Waals surface area contributed by atoms with Crippen molar-refractivity contribution in [2.24, 2.45) is 5.92 Å². The molecule has 1 aliphatic rings. The van der Waals surface area contributed by atoms with Crippen molar-refractivity contribution in [2.75, 3.05) is 12.3 Å². The van der Waals surface area contributed by atoms with Gasteiger partial charge in [-0.3, -0.25) is 4.79 Å². The van der Waals surface area contributed by atoms with Crippen LogP contribution in [0.1, 0.15) is 37.0 Å². The van der Waals surface area contributed by atoms with E-state index in [1.54, 1.807) is 0 Å². The van der Waals surface area contributed by atoms with Crippen LogP contribution in [0.4, 0.5) is 10.1 Å². The molecule has 1 aliphatic heterocycles. The van der Waals surface area contributed by atoms with Crippen molar-refractivity contribution >= 4 is 11.6 Å². The Bertz CT molecular complexity index is 459. The standard InChI is InChI=1S/C14H19FN2O/c1-9(2)13-4-3-7-17(13)14(18)11-6-5-10(15)8-12(11)16/h5-6,8-9,13H,3-4,7,16H2,1-2H3. The van der Waals surface area contributed by atoms with E-state index in [-0.39, 0.29) is 17.6 Å². The third-order valence-electron chi connectivity index (χ3n) is 3.57. The molecular weight excluding hydrogens is 231 g/mol. The van der Waals surface area contributed by atoms with Crippen LogP contribution >= 0.6 is 0 Å². The number of carbonyl (C=O) groups is 1. The second-order valence-corrected chi connectivity index (χ2v) is 5.18. The van der Waals surface area contributed by atoms with Gasteiger partial charge in [0, 0.05) is 18.3 Å². The molecule has 1 saturated heterocycles. The molecule has 1 amide bonds. The van der Waals surface area contributed by atoms with Gasteiger partial charge >= 0.3 is 0 Å². The van der Waals surface area contributed by atoms with Crippen molar-refractivity contribution in [2.45, 2.75) is 32.7 Å². The molecule has 1 heterocycles. The van der Waals surface area contributed by atoms with Crippen molar-refractivity contribution in [3.8, 4) is 0 Å². The third kappa shape index (κ3) is 2.33. The van der Waals surface area contributed by atoms with Crippen LogP contribution in [0.2, 0.25) is 0 Å². The fourth-order valence-electron chi connectivity index (χ4n) is 2.62. The van der Waals surface area contributed by atoms with Crippen LogP contribution in [-0.2, 0) is 0 Å². The first kappa shape index (κ1) is 12.9. The monoisotopic (exact) mass is 250 g/mol. The van der Waals surface area contributed by atoms with Gasteiger partial charge in [-0.05, 0) is 37.0 Å². The molecule has 1 fully saturated rings. The van der Waals surface area contributed by atoms with Crippen LogP contribution in [0.3, 0.4) is 0 Å². The van der Waals surface area contributed by atoms with Gasteiger partial charge in [0.05, 0.1) is 5.56 Å². The van der Waals surface area contributed by atoms with Crippen molar-refractivity contribution in [1.29, 1.82) is 0 Å². The summed E-state index contributed by atoms with van der Waals surface area (Å²) < 4.78 is 13.0. The maximum absolute atomic E-state index is 13.0. The van der Waals surface area contributed by atoms with Gasteiger partial charge in [-0.15, -0.1) is 0 Å². The molecule has 0 bridgehead atoms. The van der Waals surface area contributed by atoms with Crippen LogP contribution in [-0.4, -0.2) is 23.4 Å². The highest BCUT2D eigenvalue weighted by Gasteiger charge is 2.31. The van der Waals surface area contributed by atoms with Gasteiger partial charge in [0.25, 0.3) is 5.91 Å². The Morgan fingerprint density at radius 1 is 1.50 bits per heavy atom. The molecular formula is C14H19FN2O. The van der Waals surface area contributed by atoms with Gasteiger partial charge in [-0.25, -0.2) is 4.39 Å². The van der Waals surface area contributed by atoms with Crippen LogP contribution in [0.5, 0.6) is 0 Å². The summed E-state index contributed by atoms with van der Waals surface area (Å²) in [4.78, 5) is 14.3. The lowest BCUT2D eigenvalue weighted by molar-refractivity contribution is 0.0702. The summed E-state index contributed by atoms with van der Waals surface area (Å²) in [7, 11) is 0. The van der Waals surface area contributed by atoms with Crippen molar-refractivity contribution < 1.29 is 9.18 Å². The highest BCUT2D eigenvalue weighted by Crippen LogP contribution is 2.27. The number of nitrogens with two attached hydrogens (primary N) is 1. The Balaban J connectivity index is 2.25. The molecule has 1 atom stereocenters. The smallest absolute Gasteiger partial charge is 0.256 e. The van der Waals surface area contributed by atoms with Gasteiger partial charge in [0.1, 0.15) is 5.82 Å². The van der Waals surface area contributed by atoms with E-state index >= 15 is 0 Å². The van der Waals surface area contributed by atoms with Crippen molar-refractivity contribution in [1.82, 2.24) is 4.90 Å². The topological polar surface area (TPSA) is 46.3 Å². The Kier molecular flexibility index (Phi) is 3.55. The number of carbonyl (C=O) groups excluding carboxylic acids is 1. The van der Waals surface area contributed by atoms with Crippen LogP contribution in [0, 0.1) is 11.7 Å². The van der Waals surface area contributed by atoms with Gasteiger partial charge in [-0.1, -0.05) is 13.8 Å². The number of hydrogen-bond acceptors (Lipinski definition) is 2. The Morgan fingerprint density at radius 2 is 2.22 bits per heavy atom. The Morgan fingerprint density at radius 3 is 2.83 bits per heavy atom. The fraction of sp³-hybridized carbons (Fsp3) is 0.500. The minimum atomic E-state index is -0.411. The van der Waals surface area contributed by atoms with Crippen LogP contribution < -0.4 is 5.73 Å². The molecule has 2 rings (SSSR count). The predicted molar refractivity (Wildman–Crippen MR) is 69.7 cm³/mol. The van der Waals surface area contributed by atoms with Crippen molar-refractivity contribution in [3.05, 3.63) is 29.6 Å². The number of halogens is 1. The number of hydrogen-bond donors (Lipinski definition) is 1. The molecule has 0 radical (unpaired) electrons. The average Bonchev–Trinajstić information content (AvgIpc) is 2.77. The predicted octanol–water partition coefficient (Wildman–Crippen LogP) is 2.67. The van der Waals surface area contributed by atoms with E-state index < -0.39 is 5.82 Å². The molecule has 18 heavy (non-hydrogen) atoms. The van der Waals surface area contributed by atoms with Crippen molar-refractivity contribution in [3.63, 3.8) is 0 Å². The molecule has 1 aromatic carbocycles. The first-order valence-electron chi connectivity index (χ1n) is 6.36. The molecule has 98 valence electrons. The largest absolute Gasteiger partial charge is 0.398 e. The number of nitrogens with zero attached hydrogens (tertiary/aromatic N) is 1. The minimum Gasteiger partial charge on any atom is -0.398 e. The van der Waals surface area contributed by atoms with Gasteiger partial charge in [0.2, 0.25) is 0 Å². The minimum absolute atomic E-state index is 0.0799. The molecule has 3 nitrogen and oxygen atoms in total. The van der Waals surface area contributed by atoms with E-state index in [1.807, 2.05) is 4.90 Å². The molecule has 1 aromatic rings. The molecule has 1 unspecified atom stereocenters. The number of rotatable bonds is 2. The van der Waals surface area contributed by atoms with E-state index in [9.17, 15) is 9.18 Å². The van der Waals surface area contributed by atoms with E-state index in [0.717, 1.165) is 19.4 Å². The second-order valence-electron chi connectivity index (χ2n) is 5.18. The zero-order valence-corrected chi connectivity index (χ0v) is 10.8. The number of anilines is 1. The zero-order valence-electron chi connectivity index (χ0n) is 10.8. The van der Waals surface area contributed by atoms with Gasteiger partial charge < -0.3 is 10.6 Å². The van der Waals surface area contributed by atoms with Gasteiger partial charge in [0.15, 0.2) is 0 Å². The van der Waals surface area contributed by atoms with E-state index in [2.05, 4.69) is 13.8 Å². The molecule has 0 aromatic heterocycles. The lowest BCUT2D eigenvalue weighted by Gasteiger charge is -2.28. The molecule has 4 heteroatoms. The highest BCUT2D eigenvalue weighted by molar-refractivity contribution is 5.99. The number of amides is 1. The van der Waals surface area contributed by atoms with Crippen LogP contribution in [0.25, 0.3) is 0 Å². The summed E-state index contributed by atoms with van der Waals surface area (Å²) >= 11 is 0. The summed E-state index contributed by atoms with van der Waals surface area (Å²) in [5.74, 6) is -0.0623. The van der Waals surface area contributed by atoms with Gasteiger partial charge in [-0.2, -0.15) is 0 Å². The van der Waals surface area contributed by atoms with Crippen LogP contribution in [0.15, 0.2) is 18.2 Å². The summed E-state index contributed by atoms with van der Waals surface area (Å²) in [5.41, 5.74) is 6.35. The molecule has 0 spiro atoms. The third-order valence-corrected chi connectivity index (χ3v) is 3.57. The quantitative estimate of drug-likeness (QED) is 0.820. The molecule has 0 aliphatic carbocycles. The first-order valence-corrected chi connectivity index (χ1v) is 6.36. The highest BCUT2D eigenvalue weighted by atomic mass is 19.1. The number of likely N-dealkylation sites (tertiary alicyclic amines) is 1. The SMILES string of the molecule is CC(C)C1CCCN1C(=O)c1ccc(F)cc1N. The van der Waals surface area contributed by atoms with E-state index in [4.69, 9.17) is 5.73 Å². The lowest BCUT2D eigenvalue weighted by atomic mass is 10.0. The summed E-state index contributed by atoms with van der Waals surface area (Å²) in [5, 5.41) is 0. The summed E-state index contributed by atoms with van der Waals surface area (Å²) in [6, 6.07) is 4.22. The summed E-state index contributed by atoms with van der Waals surface area (Å²) in [6.07, 6.45) is 2.06. The summed E-state index contributed by atoms with van der Waals surface area (Å²) in [6.45, 7) is 4.99. The van der Waals surface area contributed by atoms with E-state index in [1.165, 1.54) is 18.2 Å². The average molecular weight is 250 g/mol. The Labute approximate surface area is 107 Å².